The zero-order valence-corrected chi connectivity index (χ0v) is 18.3. The number of hydrogen-bond acceptors (Lipinski definition) is 7. The Morgan fingerprint density at radius 1 is 1.19 bits per heavy atom. The zero-order valence-electron chi connectivity index (χ0n) is 17.5. The molecule has 0 fully saturated rings. The number of rotatable bonds is 9. The molecule has 1 unspecified atom stereocenters. The van der Waals surface area contributed by atoms with Gasteiger partial charge in [-0.05, 0) is 43.7 Å². The number of para-hydroxylation sites is 1. The first kappa shape index (κ1) is 21.3. The number of nitrogens with one attached hydrogen (secondary N) is 1. The van der Waals surface area contributed by atoms with Crippen LogP contribution in [0.3, 0.4) is 0 Å². The van der Waals surface area contributed by atoms with Gasteiger partial charge in [-0.3, -0.25) is 9.69 Å². The number of thiophene rings is 1. The average molecular weight is 440 g/mol. The van der Waals surface area contributed by atoms with Crippen molar-refractivity contribution in [1.82, 2.24) is 14.9 Å². The summed E-state index contributed by atoms with van der Waals surface area (Å²) in [6, 6.07) is 13.1. The molecule has 0 amide bonds. The largest absolute Gasteiger partial charge is 0.491 e. The van der Waals surface area contributed by atoms with Crippen LogP contribution in [0.1, 0.15) is 22.0 Å². The van der Waals surface area contributed by atoms with Crippen molar-refractivity contribution < 1.29 is 14.3 Å². The Kier molecular flexibility index (Phi) is 6.50. The van der Waals surface area contributed by atoms with Gasteiger partial charge in [-0.15, -0.1) is 11.3 Å². The Labute approximate surface area is 183 Å². The number of H-pyrrole nitrogens is 1. The van der Waals surface area contributed by atoms with Crippen molar-refractivity contribution in [2.75, 3.05) is 13.2 Å². The quantitative estimate of drug-likeness (QED) is 0.414. The summed E-state index contributed by atoms with van der Waals surface area (Å²) in [6.45, 7) is 5.26. The Hall–Kier alpha value is -2.94. The molecule has 31 heavy (non-hydrogen) atoms. The molecule has 1 atom stereocenters. The second-order valence-corrected chi connectivity index (χ2v) is 8.71. The minimum Gasteiger partial charge on any atom is -0.491 e. The van der Waals surface area contributed by atoms with Crippen LogP contribution in [0.2, 0.25) is 0 Å². The van der Waals surface area contributed by atoms with E-state index in [4.69, 9.17) is 9.15 Å². The van der Waals surface area contributed by atoms with Crippen molar-refractivity contribution >= 4 is 21.6 Å². The molecule has 0 aliphatic heterocycles. The van der Waals surface area contributed by atoms with E-state index in [-0.39, 0.29) is 12.2 Å². The highest BCUT2D eigenvalue weighted by Gasteiger charge is 2.18. The van der Waals surface area contributed by atoms with Crippen molar-refractivity contribution in [3.05, 3.63) is 81.1 Å². The molecular weight excluding hydrogens is 414 g/mol. The van der Waals surface area contributed by atoms with Gasteiger partial charge in [-0.25, -0.2) is 4.98 Å². The summed E-state index contributed by atoms with van der Waals surface area (Å²) in [5.74, 6) is 2.03. The molecule has 8 heteroatoms. The van der Waals surface area contributed by atoms with Crippen LogP contribution >= 0.6 is 11.3 Å². The molecular formula is C23H25N3O4S. The van der Waals surface area contributed by atoms with Crippen LogP contribution in [-0.4, -0.2) is 39.2 Å². The summed E-state index contributed by atoms with van der Waals surface area (Å²) in [6.07, 6.45) is 0.892. The second-order valence-electron chi connectivity index (χ2n) is 7.50. The van der Waals surface area contributed by atoms with Crippen molar-refractivity contribution in [1.29, 1.82) is 0 Å². The van der Waals surface area contributed by atoms with Gasteiger partial charge < -0.3 is 19.2 Å². The molecule has 0 saturated heterocycles. The minimum atomic E-state index is -0.725. The van der Waals surface area contributed by atoms with E-state index in [0.717, 1.165) is 21.0 Å². The smallest absolute Gasteiger partial charge is 0.259 e. The number of furan rings is 1. The highest BCUT2D eigenvalue weighted by Crippen LogP contribution is 2.26. The minimum absolute atomic E-state index is 0.132. The van der Waals surface area contributed by atoms with Gasteiger partial charge in [-0.2, -0.15) is 0 Å². The Balaban J connectivity index is 1.49. The van der Waals surface area contributed by atoms with Crippen molar-refractivity contribution in [3.63, 3.8) is 0 Å². The van der Waals surface area contributed by atoms with Crippen molar-refractivity contribution in [2.45, 2.75) is 33.0 Å². The van der Waals surface area contributed by atoms with Crippen LogP contribution in [0.15, 0.2) is 57.9 Å². The predicted octanol–water partition coefficient (Wildman–Crippen LogP) is 3.64. The van der Waals surface area contributed by atoms with Gasteiger partial charge in [0.2, 0.25) is 0 Å². The van der Waals surface area contributed by atoms with Crippen LogP contribution < -0.4 is 10.3 Å². The number of ether oxygens (including phenoxy) is 1. The molecule has 4 aromatic rings. The predicted molar refractivity (Wildman–Crippen MR) is 120 cm³/mol. The van der Waals surface area contributed by atoms with E-state index in [1.807, 2.05) is 61.2 Å². The van der Waals surface area contributed by atoms with Crippen molar-refractivity contribution in [2.24, 2.45) is 0 Å². The van der Waals surface area contributed by atoms with E-state index in [1.165, 1.54) is 11.3 Å². The molecule has 0 saturated carbocycles. The summed E-state index contributed by atoms with van der Waals surface area (Å²) < 4.78 is 11.2. The van der Waals surface area contributed by atoms with Crippen LogP contribution in [-0.2, 0) is 13.1 Å². The lowest BCUT2D eigenvalue weighted by Gasteiger charge is -2.24. The van der Waals surface area contributed by atoms with Crippen LogP contribution in [0.4, 0.5) is 0 Å². The third-order valence-corrected chi connectivity index (χ3v) is 6.18. The Bertz CT molecular complexity index is 1180. The maximum Gasteiger partial charge on any atom is 0.259 e. The topological polar surface area (TPSA) is 91.6 Å². The molecule has 3 heterocycles. The molecule has 0 bridgehead atoms. The number of aryl methyl sites for hydroxylation is 2. The average Bonchev–Trinajstić information content (AvgIpc) is 3.35. The van der Waals surface area contributed by atoms with Crippen LogP contribution in [0.25, 0.3) is 10.2 Å². The first-order chi connectivity index (χ1) is 15.0. The maximum atomic E-state index is 12.6. The van der Waals surface area contributed by atoms with Gasteiger partial charge in [-0.1, -0.05) is 18.2 Å². The van der Waals surface area contributed by atoms with Gasteiger partial charge >= 0.3 is 0 Å². The third-order valence-electron chi connectivity index (χ3n) is 5.08. The van der Waals surface area contributed by atoms with Crippen LogP contribution in [0, 0.1) is 13.8 Å². The van der Waals surface area contributed by atoms with Crippen molar-refractivity contribution in [3.8, 4) is 5.75 Å². The number of fused-ring (bicyclic) bond motifs is 1. The van der Waals surface area contributed by atoms with Gasteiger partial charge in [0.1, 0.15) is 34.9 Å². The number of aliphatic hydroxyl groups is 1. The van der Waals surface area contributed by atoms with E-state index < -0.39 is 6.10 Å². The third kappa shape index (κ3) is 5.22. The normalized spacial score (nSPS) is 12.5. The summed E-state index contributed by atoms with van der Waals surface area (Å²) in [7, 11) is 0. The molecule has 4 rings (SSSR count). The summed E-state index contributed by atoms with van der Waals surface area (Å²) in [5, 5.41) is 11.2. The first-order valence-corrected chi connectivity index (χ1v) is 10.9. The van der Waals surface area contributed by atoms with E-state index >= 15 is 0 Å². The molecule has 0 spiro atoms. The zero-order chi connectivity index (χ0) is 21.8. The standard InChI is InChI=1S/C23H25N3O4S/c1-15-16(2)31-23-21(15)22(28)24-20(25-23)13-26(12-19-9-6-10-29-19)11-17(27)14-30-18-7-4-3-5-8-18/h3-10,17,27H,11-14H2,1-2H3,(H,24,25,28). The van der Waals surface area contributed by atoms with E-state index in [9.17, 15) is 9.90 Å². The molecule has 0 aliphatic carbocycles. The molecule has 3 aromatic heterocycles. The molecule has 162 valence electrons. The lowest BCUT2D eigenvalue weighted by atomic mass is 10.2. The fourth-order valence-electron chi connectivity index (χ4n) is 3.45. The molecule has 0 aliphatic rings. The molecule has 0 radical (unpaired) electrons. The highest BCUT2D eigenvalue weighted by atomic mass is 32.1. The number of aromatic amines is 1. The monoisotopic (exact) mass is 439 g/mol. The Morgan fingerprint density at radius 3 is 2.74 bits per heavy atom. The van der Waals surface area contributed by atoms with E-state index in [1.54, 1.807) is 6.26 Å². The number of benzene rings is 1. The van der Waals surface area contributed by atoms with Gasteiger partial charge in [0, 0.05) is 11.4 Å². The molecule has 7 nitrogen and oxygen atoms in total. The molecule has 2 N–H and O–H groups in total. The van der Waals surface area contributed by atoms with E-state index in [0.29, 0.717) is 36.6 Å². The summed E-state index contributed by atoms with van der Waals surface area (Å²) in [5.41, 5.74) is 0.842. The number of aromatic nitrogens is 2. The van der Waals surface area contributed by atoms with Crippen LogP contribution in [0.5, 0.6) is 5.75 Å². The number of aliphatic hydroxyl groups excluding tert-OH is 1. The van der Waals surface area contributed by atoms with E-state index in [2.05, 4.69) is 9.97 Å². The summed E-state index contributed by atoms with van der Waals surface area (Å²) >= 11 is 1.52. The first-order valence-electron chi connectivity index (χ1n) is 10.1. The Morgan fingerprint density at radius 2 is 2.00 bits per heavy atom. The SMILES string of the molecule is Cc1sc2nc(CN(Cc3ccco3)CC(O)COc3ccccc3)[nH]c(=O)c2c1C. The van der Waals surface area contributed by atoms with Gasteiger partial charge in [0.15, 0.2) is 0 Å². The highest BCUT2D eigenvalue weighted by molar-refractivity contribution is 7.18. The number of hydrogen-bond donors (Lipinski definition) is 2. The number of nitrogens with zero attached hydrogens (tertiary/aromatic N) is 2. The second kappa shape index (κ2) is 9.47. The fraction of sp³-hybridized carbons (Fsp3) is 0.304. The lowest BCUT2D eigenvalue weighted by molar-refractivity contribution is 0.0595. The van der Waals surface area contributed by atoms with Gasteiger partial charge in [0.25, 0.3) is 5.56 Å². The molecule has 1 aromatic carbocycles. The maximum absolute atomic E-state index is 12.6. The summed E-state index contributed by atoms with van der Waals surface area (Å²) in [4.78, 5) is 24.0. The van der Waals surface area contributed by atoms with Gasteiger partial charge in [0.05, 0.1) is 24.7 Å². The fourth-order valence-corrected chi connectivity index (χ4v) is 4.50. The lowest BCUT2D eigenvalue weighted by Crippen LogP contribution is -2.35.